The zero-order valence-corrected chi connectivity index (χ0v) is 32.1. The molecule has 8 aromatic carbocycles. The summed E-state index contributed by atoms with van der Waals surface area (Å²) in [6.45, 7) is 0. The summed E-state index contributed by atoms with van der Waals surface area (Å²) in [7, 11) is 0. The molecular weight excluding hydrogens is 723 g/mol. The largest absolute Gasteiger partial charge is 0.309 e. The third-order valence-corrected chi connectivity index (χ3v) is 13.7. The van der Waals surface area contributed by atoms with E-state index >= 15 is 0 Å². The third kappa shape index (κ3) is 4.17. The average molecular weight is 756 g/mol. The molecule has 5 heterocycles. The highest BCUT2D eigenvalue weighted by atomic mass is 32.2. The van der Waals surface area contributed by atoms with Gasteiger partial charge in [0, 0.05) is 42.5 Å². The maximum Gasteiger partial charge on any atom is 0.0765 e. The van der Waals surface area contributed by atoms with Crippen LogP contribution in [0.15, 0.2) is 210 Å². The van der Waals surface area contributed by atoms with Gasteiger partial charge in [0.25, 0.3) is 0 Å². The van der Waals surface area contributed by atoms with Crippen LogP contribution in [0.2, 0.25) is 0 Å². The first-order valence-corrected chi connectivity index (χ1v) is 20.7. The highest BCUT2D eigenvalue weighted by Crippen LogP contribution is 2.62. The molecule has 270 valence electrons. The summed E-state index contributed by atoms with van der Waals surface area (Å²) in [5.41, 5.74) is 16.0. The van der Waals surface area contributed by atoms with Gasteiger partial charge in [-0.2, -0.15) is 0 Å². The van der Waals surface area contributed by atoms with Crippen molar-refractivity contribution >= 4 is 55.4 Å². The van der Waals surface area contributed by atoms with Crippen LogP contribution in [0.3, 0.4) is 0 Å². The molecule has 1 atom stereocenters. The van der Waals surface area contributed by atoms with Gasteiger partial charge >= 0.3 is 0 Å². The lowest BCUT2D eigenvalue weighted by Gasteiger charge is -2.45. The predicted molar refractivity (Wildman–Crippen MR) is 240 cm³/mol. The molecule has 0 saturated carbocycles. The SMILES string of the molecule is c1ccc(-c2cc(-n3c4ccccc4c4ccc5c(c43)Sc3ccccc3C53c4ccccc4-n4c5ccccc5c5cccc3c54)cc(-c3ccccc3)n2)cc1. The quantitative estimate of drug-likeness (QED) is 0.179. The fraction of sp³-hybridized carbons (Fsp3) is 0.0185. The molecule has 11 aromatic rings. The Kier molecular flexibility index (Phi) is 6.59. The van der Waals surface area contributed by atoms with Gasteiger partial charge in [0.05, 0.1) is 50.2 Å². The van der Waals surface area contributed by atoms with Gasteiger partial charge in [-0.15, -0.1) is 0 Å². The zero-order chi connectivity index (χ0) is 38.0. The van der Waals surface area contributed by atoms with Crippen molar-refractivity contribution in [3.63, 3.8) is 0 Å². The van der Waals surface area contributed by atoms with Crippen molar-refractivity contribution in [3.8, 4) is 33.9 Å². The number of nitrogens with zero attached hydrogens (tertiary/aromatic N) is 3. The van der Waals surface area contributed by atoms with E-state index in [0.29, 0.717) is 0 Å². The van der Waals surface area contributed by atoms with Gasteiger partial charge in [0.1, 0.15) is 0 Å². The number of hydrogen-bond acceptors (Lipinski definition) is 2. The van der Waals surface area contributed by atoms with Crippen LogP contribution < -0.4 is 0 Å². The lowest BCUT2D eigenvalue weighted by atomic mass is 9.62. The maximum absolute atomic E-state index is 5.29. The summed E-state index contributed by atoms with van der Waals surface area (Å²) in [5, 5.41) is 5.04. The van der Waals surface area contributed by atoms with Gasteiger partial charge in [-0.05, 0) is 58.7 Å². The molecule has 0 saturated heterocycles. The van der Waals surface area contributed by atoms with Crippen LogP contribution in [0, 0.1) is 0 Å². The lowest BCUT2D eigenvalue weighted by molar-refractivity contribution is 0.691. The van der Waals surface area contributed by atoms with E-state index in [4.69, 9.17) is 4.98 Å². The summed E-state index contributed by atoms with van der Waals surface area (Å²) < 4.78 is 5.04. The van der Waals surface area contributed by atoms with Crippen LogP contribution in [-0.2, 0) is 5.41 Å². The molecule has 0 fully saturated rings. The molecule has 3 nitrogen and oxygen atoms in total. The van der Waals surface area contributed by atoms with Crippen LogP contribution in [0.4, 0.5) is 0 Å². The maximum atomic E-state index is 5.29. The molecule has 4 heteroatoms. The first-order chi connectivity index (χ1) is 28.8. The van der Waals surface area contributed by atoms with Gasteiger partial charge < -0.3 is 9.13 Å². The Morgan fingerprint density at radius 2 is 0.948 bits per heavy atom. The number of hydrogen-bond donors (Lipinski definition) is 0. The molecule has 0 aliphatic carbocycles. The zero-order valence-electron chi connectivity index (χ0n) is 31.3. The molecule has 0 radical (unpaired) electrons. The minimum Gasteiger partial charge on any atom is -0.309 e. The first kappa shape index (κ1) is 32.0. The Bertz CT molecular complexity index is 3430. The summed E-state index contributed by atoms with van der Waals surface area (Å²) in [6, 6.07) is 73.6. The Labute approximate surface area is 339 Å². The molecule has 2 aliphatic heterocycles. The van der Waals surface area contributed by atoms with E-state index in [2.05, 4.69) is 209 Å². The standard InChI is InChI=1S/C54H33N3S/c1-3-16-34(17-4-1)45-32-36(33-46(55-45)35-18-5-2-6-19-35)56-47-26-11-7-21-38(47)40-30-31-44-53(52(40)56)58-50-29-14-10-24-42(50)54(44)41-23-9-13-28-49(41)57-48-27-12-8-20-37(48)39-22-15-25-43(54)51(39)57/h1-33H. The second kappa shape index (κ2) is 11.9. The monoisotopic (exact) mass is 755 g/mol. The van der Waals surface area contributed by atoms with Crippen molar-refractivity contribution in [1.29, 1.82) is 0 Å². The highest BCUT2D eigenvalue weighted by Gasteiger charge is 2.50. The summed E-state index contributed by atoms with van der Waals surface area (Å²) in [6.07, 6.45) is 0. The lowest BCUT2D eigenvalue weighted by Crippen LogP contribution is -2.37. The Morgan fingerprint density at radius 3 is 1.67 bits per heavy atom. The van der Waals surface area contributed by atoms with Crippen LogP contribution in [0.1, 0.15) is 22.3 Å². The fourth-order valence-electron chi connectivity index (χ4n) is 10.3. The summed E-state index contributed by atoms with van der Waals surface area (Å²) in [4.78, 5) is 7.85. The van der Waals surface area contributed by atoms with Gasteiger partial charge in [-0.25, -0.2) is 4.98 Å². The minimum absolute atomic E-state index is 0.574. The summed E-state index contributed by atoms with van der Waals surface area (Å²) in [5.74, 6) is 0. The van der Waals surface area contributed by atoms with Crippen molar-refractivity contribution in [2.45, 2.75) is 15.2 Å². The number of aromatic nitrogens is 3. The second-order valence-electron chi connectivity index (χ2n) is 15.4. The van der Waals surface area contributed by atoms with E-state index in [9.17, 15) is 0 Å². The number of para-hydroxylation sites is 4. The third-order valence-electron chi connectivity index (χ3n) is 12.6. The number of rotatable bonds is 3. The number of fused-ring (bicyclic) bond motifs is 15. The predicted octanol–water partition coefficient (Wildman–Crippen LogP) is 13.8. The molecule has 3 aromatic heterocycles. The Morgan fingerprint density at radius 1 is 0.397 bits per heavy atom. The second-order valence-corrected chi connectivity index (χ2v) is 16.5. The van der Waals surface area contributed by atoms with Crippen LogP contribution in [0.25, 0.3) is 77.5 Å². The normalized spacial score (nSPS) is 15.2. The molecule has 13 rings (SSSR count). The van der Waals surface area contributed by atoms with E-state index in [1.807, 2.05) is 11.8 Å². The Hall–Kier alpha value is -7.14. The van der Waals surface area contributed by atoms with Gasteiger partial charge in [0.15, 0.2) is 0 Å². The van der Waals surface area contributed by atoms with E-state index < -0.39 is 5.41 Å². The van der Waals surface area contributed by atoms with Crippen molar-refractivity contribution in [1.82, 2.24) is 14.1 Å². The molecule has 2 aliphatic rings. The molecule has 1 spiro atoms. The van der Waals surface area contributed by atoms with Gasteiger partial charge in [-0.3, -0.25) is 0 Å². The molecule has 58 heavy (non-hydrogen) atoms. The van der Waals surface area contributed by atoms with E-state index in [1.165, 1.54) is 81.3 Å². The van der Waals surface area contributed by atoms with E-state index in [1.54, 1.807) is 0 Å². The summed E-state index contributed by atoms with van der Waals surface area (Å²) >= 11 is 1.91. The van der Waals surface area contributed by atoms with Crippen LogP contribution in [-0.4, -0.2) is 14.1 Å². The van der Waals surface area contributed by atoms with Crippen LogP contribution in [0.5, 0.6) is 0 Å². The van der Waals surface area contributed by atoms with E-state index in [-0.39, 0.29) is 0 Å². The van der Waals surface area contributed by atoms with Gasteiger partial charge in [-0.1, -0.05) is 176 Å². The van der Waals surface area contributed by atoms with Gasteiger partial charge in [0.2, 0.25) is 0 Å². The smallest absolute Gasteiger partial charge is 0.0765 e. The van der Waals surface area contributed by atoms with Crippen molar-refractivity contribution in [2.75, 3.05) is 0 Å². The van der Waals surface area contributed by atoms with E-state index in [0.717, 1.165) is 28.2 Å². The molecule has 0 bridgehead atoms. The van der Waals surface area contributed by atoms with Crippen molar-refractivity contribution < 1.29 is 0 Å². The molecule has 1 unspecified atom stereocenters. The average Bonchev–Trinajstić information content (AvgIpc) is 3.82. The number of benzene rings is 8. The molecule has 0 N–H and O–H groups in total. The van der Waals surface area contributed by atoms with Crippen molar-refractivity contribution in [2.24, 2.45) is 0 Å². The van der Waals surface area contributed by atoms with Crippen LogP contribution >= 0.6 is 11.8 Å². The number of pyridine rings is 1. The topological polar surface area (TPSA) is 22.8 Å². The first-order valence-electron chi connectivity index (χ1n) is 19.9. The molecular formula is C54H33N3S. The van der Waals surface area contributed by atoms with Crippen molar-refractivity contribution in [3.05, 3.63) is 222 Å². The minimum atomic E-state index is -0.574. The fourth-order valence-corrected chi connectivity index (χ4v) is 11.6. The highest BCUT2D eigenvalue weighted by molar-refractivity contribution is 7.99. The molecule has 0 amide bonds. The Balaban J connectivity index is 1.20.